The monoisotopic (exact) mass is 419 g/mol. The molecule has 0 saturated carbocycles. The van der Waals surface area contributed by atoms with Gasteiger partial charge in [-0.2, -0.15) is 0 Å². The molecule has 0 radical (unpaired) electrons. The van der Waals surface area contributed by atoms with Crippen LogP contribution < -0.4 is 10.2 Å². The van der Waals surface area contributed by atoms with Crippen LogP contribution in [-0.2, 0) is 15.9 Å². The number of rotatable bonds is 7. The molecular weight excluding hydrogens is 394 g/mol. The molecule has 6 nitrogen and oxygen atoms in total. The molecule has 1 aromatic carbocycles. The SMILES string of the molecule is CCOC(=O)c1cn2c(cc1=O)-c1cc(Cl)c(OCCOC)cc1CC2C(C)C. The van der Waals surface area contributed by atoms with Crippen molar-refractivity contribution in [3.05, 3.63) is 50.8 Å². The number of benzene rings is 1. The number of methoxy groups -OCH3 is 1. The minimum Gasteiger partial charge on any atom is -0.490 e. The van der Waals surface area contributed by atoms with Gasteiger partial charge in [-0.25, -0.2) is 4.79 Å². The van der Waals surface area contributed by atoms with Gasteiger partial charge in [0, 0.05) is 31.0 Å². The number of hydrogen-bond acceptors (Lipinski definition) is 5. The summed E-state index contributed by atoms with van der Waals surface area (Å²) in [6.45, 7) is 7.05. The van der Waals surface area contributed by atoms with Crippen LogP contribution in [-0.4, -0.2) is 37.5 Å². The van der Waals surface area contributed by atoms with E-state index in [0.29, 0.717) is 24.0 Å². The van der Waals surface area contributed by atoms with E-state index in [1.807, 2.05) is 16.7 Å². The van der Waals surface area contributed by atoms with Crippen LogP contribution in [0.5, 0.6) is 5.75 Å². The van der Waals surface area contributed by atoms with Crippen molar-refractivity contribution in [2.24, 2.45) is 5.92 Å². The lowest BCUT2D eigenvalue weighted by Crippen LogP contribution is -2.28. The van der Waals surface area contributed by atoms with E-state index >= 15 is 0 Å². The Labute approximate surface area is 175 Å². The minimum absolute atomic E-state index is 0.0512. The maximum Gasteiger partial charge on any atom is 0.343 e. The molecule has 1 aromatic heterocycles. The quantitative estimate of drug-likeness (QED) is 0.498. The summed E-state index contributed by atoms with van der Waals surface area (Å²) in [6.07, 6.45) is 2.36. The van der Waals surface area contributed by atoms with Crippen LogP contribution in [0.3, 0.4) is 0 Å². The molecule has 0 aliphatic carbocycles. The fourth-order valence-corrected chi connectivity index (χ4v) is 3.85. The number of esters is 1. The molecule has 0 N–H and O–H groups in total. The van der Waals surface area contributed by atoms with Crippen LogP contribution in [0.4, 0.5) is 0 Å². The van der Waals surface area contributed by atoms with Crippen molar-refractivity contribution in [2.75, 3.05) is 26.9 Å². The predicted molar refractivity (Wildman–Crippen MR) is 112 cm³/mol. The van der Waals surface area contributed by atoms with Crippen LogP contribution >= 0.6 is 11.6 Å². The topological polar surface area (TPSA) is 66.8 Å². The second kappa shape index (κ2) is 9.01. The highest BCUT2D eigenvalue weighted by molar-refractivity contribution is 6.32. The molecule has 29 heavy (non-hydrogen) atoms. The van der Waals surface area contributed by atoms with E-state index in [2.05, 4.69) is 13.8 Å². The molecule has 7 heteroatoms. The number of nitrogens with zero attached hydrogens (tertiary/aromatic N) is 1. The molecule has 2 aromatic rings. The van der Waals surface area contributed by atoms with Crippen LogP contribution in [0, 0.1) is 5.92 Å². The molecule has 0 amide bonds. The number of aromatic nitrogens is 1. The summed E-state index contributed by atoms with van der Waals surface area (Å²) < 4.78 is 17.8. The minimum atomic E-state index is -0.596. The summed E-state index contributed by atoms with van der Waals surface area (Å²) in [7, 11) is 1.62. The zero-order valence-electron chi connectivity index (χ0n) is 17.2. The lowest BCUT2D eigenvalue weighted by molar-refractivity contribution is 0.0523. The molecule has 0 spiro atoms. The van der Waals surface area contributed by atoms with Gasteiger partial charge in [-0.3, -0.25) is 4.79 Å². The van der Waals surface area contributed by atoms with Gasteiger partial charge >= 0.3 is 5.97 Å². The van der Waals surface area contributed by atoms with Gasteiger partial charge in [0.1, 0.15) is 17.9 Å². The summed E-state index contributed by atoms with van der Waals surface area (Å²) in [5.74, 6) is 0.290. The van der Waals surface area contributed by atoms with Gasteiger partial charge in [0.15, 0.2) is 5.43 Å². The highest BCUT2D eigenvalue weighted by Gasteiger charge is 2.29. The Kier molecular flexibility index (Phi) is 6.65. The first-order valence-corrected chi connectivity index (χ1v) is 10.1. The van der Waals surface area contributed by atoms with Crippen molar-refractivity contribution >= 4 is 17.6 Å². The molecule has 1 aliphatic rings. The molecule has 0 fully saturated rings. The maximum atomic E-state index is 12.6. The van der Waals surface area contributed by atoms with E-state index < -0.39 is 5.97 Å². The standard InChI is InChI=1S/C22H26ClNO5/c1-5-28-22(26)16-12-24-18(13(2)3)8-14-9-21(29-7-6-27-4)17(23)10-15(14)19(24)11-20(16)25/h9-13,18H,5-8H2,1-4H3. The number of fused-ring (bicyclic) bond motifs is 3. The molecule has 1 aliphatic heterocycles. The second-order valence-corrected chi connectivity index (χ2v) is 7.77. The highest BCUT2D eigenvalue weighted by Crippen LogP contribution is 2.41. The molecule has 2 heterocycles. The second-order valence-electron chi connectivity index (χ2n) is 7.36. The molecule has 3 rings (SSSR count). The fourth-order valence-electron chi connectivity index (χ4n) is 3.63. The van der Waals surface area contributed by atoms with Crippen molar-refractivity contribution in [1.82, 2.24) is 4.57 Å². The van der Waals surface area contributed by atoms with E-state index in [1.165, 1.54) is 6.07 Å². The van der Waals surface area contributed by atoms with Crippen molar-refractivity contribution in [1.29, 1.82) is 0 Å². The summed E-state index contributed by atoms with van der Waals surface area (Å²) in [5.41, 5.74) is 2.37. The van der Waals surface area contributed by atoms with Gasteiger partial charge in [-0.05, 0) is 37.0 Å². The van der Waals surface area contributed by atoms with Crippen LogP contribution in [0.25, 0.3) is 11.3 Å². The molecule has 1 unspecified atom stereocenters. The summed E-state index contributed by atoms with van der Waals surface area (Å²) in [4.78, 5) is 24.8. The molecule has 156 valence electrons. The lowest BCUT2D eigenvalue weighted by atomic mass is 9.87. The third-order valence-corrected chi connectivity index (χ3v) is 5.40. The summed E-state index contributed by atoms with van der Waals surface area (Å²) in [5, 5.41) is 0.469. The van der Waals surface area contributed by atoms with Gasteiger partial charge in [-0.15, -0.1) is 0 Å². The zero-order chi connectivity index (χ0) is 21.1. The average Bonchev–Trinajstić information content (AvgIpc) is 2.68. The Hall–Kier alpha value is -2.31. The Morgan fingerprint density at radius 3 is 2.69 bits per heavy atom. The molecule has 0 saturated heterocycles. The Bertz CT molecular complexity index is 966. The van der Waals surface area contributed by atoms with Crippen LogP contribution in [0.15, 0.2) is 29.2 Å². The maximum absolute atomic E-state index is 12.6. The number of ether oxygens (including phenoxy) is 3. The van der Waals surface area contributed by atoms with Crippen molar-refractivity contribution < 1.29 is 19.0 Å². The number of hydrogen-bond donors (Lipinski definition) is 0. The van der Waals surface area contributed by atoms with Crippen molar-refractivity contribution in [3.63, 3.8) is 0 Å². The summed E-state index contributed by atoms with van der Waals surface area (Å²) in [6, 6.07) is 5.35. The lowest BCUT2D eigenvalue weighted by Gasteiger charge is -2.33. The van der Waals surface area contributed by atoms with E-state index in [-0.39, 0.29) is 29.6 Å². The van der Waals surface area contributed by atoms with Gasteiger partial charge in [0.2, 0.25) is 0 Å². The van der Waals surface area contributed by atoms with Crippen molar-refractivity contribution in [3.8, 4) is 17.0 Å². The van der Waals surface area contributed by atoms with E-state index in [0.717, 1.165) is 23.2 Å². The fraction of sp³-hybridized carbons (Fsp3) is 0.455. The smallest absolute Gasteiger partial charge is 0.343 e. The molecular formula is C22H26ClNO5. The first-order chi connectivity index (χ1) is 13.9. The normalized spacial score (nSPS) is 15.0. The molecule has 0 bridgehead atoms. The van der Waals surface area contributed by atoms with E-state index in [1.54, 1.807) is 20.2 Å². The first-order valence-electron chi connectivity index (χ1n) is 9.75. The van der Waals surface area contributed by atoms with Crippen LogP contribution in [0.1, 0.15) is 42.7 Å². The average molecular weight is 420 g/mol. The number of carbonyl (C=O) groups excluding carboxylic acids is 1. The van der Waals surface area contributed by atoms with Crippen molar-refractivity contribution in [2.45, 2.75) is 33.2 Å². The zero-order valence-corrected chi connectivity index (χ0v) is 17.9. The van der Waals surface area contributed by atoms with E-state index in [4.69, 9.17) is 25.8 Å². The Morgan fingerprint density at radius 2 is 2.03 bits per heavy atom. The first kappa shape index (κ1) is 21.4. The van der Waals surface area contributed by atoms with E-state index in [9.17, 15) is 9.59 Å². The van der Waals surface area contributed by atoms with Gasteiger partial charge in [0.25, 0.3) is 0 Å². The number of carbonyl (C=O) groups is 1. The third kappa shape index (κ3) is 4.33. The van der Waals surface area contributed by atoms with Gasteiger partial charge in [0.05, 0.1) is 23.9 Å². The Morgan fingerprint density at radius 1 is 1.28 bits per heavy atom. The van der Waals surface area contributed by atoms with Gasteiger partial charge in [-0.1, -0.05) is 25.4 Å². The molecule has 1 atom stereocenters. The third-order valence-electron chi connectivity index (χ3n) is 5.11. The van der Waals surface area contributed by atoms with Crippen LogP contribution in [0.2, 0.25) is 5.02 Å². The number of halogens is 1. The highest BCUT2D eigenvalue weighted by atomic mass is 35.5. The van der Waals surface area contributed by atoms with Gasteiger partial charge < -0.3 is 18.8 Å². The predicted octanol–water partition coefficient (Wildman–Crippen LogP) is 4.12. The summed E-state index contributed by atoms with van der Waals surface area (Å²) >= 11 is 6.44. The largest absolute Gasteiger partial charge is 0.490 e. The Balaban J connectivity index is 2.11. The number of pyridine rings is 1.